The first-order chi connectivity index (χ1) is 18.4. The van der Waals surface area contributed by atoms with Crippen molar-refractivity contribution in [2.75, 3.05) is 19.7 Å². The smallest absolute Gasteiger partial charge is 0.269 e. The number of nitrogens with one attached hydrogen (secondary N) is 1. The Morgan fingerprint density at radius 3 is 2.61 bits per heavy atom. The summed E-state index contributed by atoms with van der Waals surface area (Å²) in [6.07, 6.45) is 6.01. The SMILES string of the molecule is O=C(NC[C@@H]1CCCO1)[C@H](c1ccncc1)N(Cc1ccco1)C(=O)CN1C(=O)c2ccccc2S1(=O)=O. The molecule has 3 amide bonds. The maximum atomic E-state index is 13.8. The highest BCUT2D eigenvalue weighted by Crippen LogP contribution is 2.31. The van der Waals surface area contributed by atoms with E-state index in [1.165, 1.54) is 41.8 Å². The van der Waals surface area contributed by atoms with Crippen molar-refractivity contribution in [3.8, 4) is 0 Å². The van der Waals surface area contributed by atoms with Gasteiger partial charge in [-0.15, -0.1) is 0 Å². The van der Waals surface area contributed by atoms with Gasteiger partial charge in [0.05, 0.1) is 24.5 Å². The Morgan fingerprint density at radius 2 is 1.92 bits per heavy atom. The Kier molecular flexibility index (Phi) is 7.25. The first-order valence-electron chi connectivity index (χ1n) is 12.1. The molecule has 1 fully saturated rings. The van der Waals surface area contributed by atoms with Crippen LogP contribution in [0.1, 0.15) is 40.6 Å². The fraction of sp³-hybridized carbons (Fsp3) is 0.308. The molecule has 5 rings (SSSR count). The van der Waals surface area contributed by atoms with Crippen molar-refractivity contribution in [2.45, 2.75) is 36.4 Å². The van der Waals surface area contributed by atoms with Crippen LogP contribution in [-0.2, 0) is 30.9 Å². The second kappa shape index (κ2) is 10.8. The Hall–Kier alpha value is -4.03. The molecule has 0 unspecified atom stereocenters. The number of hydrogen-bond acceptors (Lipinski definition) is 8. The third-order valence-electron chi connectivity index (χ3n) is 6.53. The van der Waals surface area contributed by atoms with Crippen molar-refractivity contribution in [1.29, 1.82) is 0 Å². The van der Waals surface area contributed by atoms with Gasteiger partial charge in [-0.1, -0.05) is 12.1 Å². The topological polar surface area (TPSA) is 139 Å². The van der Waals surface area contributed by atoms with E-state index in [4.69, 9.17) is 9.15 Å². The number of carbonyl (C=O) groups excluding carboxylic acids is 3. The van der Waals surface area contributed by atoms with E-state index in [1.807, 2.05) is 0 Å². The number of amides is 3. The van der Waals surface area contributed by atoms with E-state index in [-0.39, 0.29) is 29.7 Å². The summed E-state index contributed by atoms with van der Waals surface area (Å²) < 4.78 is 37.8. The number of fused-ring (bicyclic) bond motifs is 1. The zero-order valence-corrected chi connectivity index (χ0v) is 21.2. The molecule has 0 bridgehead atoms. The van der Waals surface area contributed by atoms with E-state index in [0.29, 0.717) is 22.2 Å². The van der Waals surface area contributed by atoms with Gasteiger partial charge in [0, 0.05) is 25.5 Å². The van der Waals surface area contributed by atoms with Gasteiger partial charge < -0.3 is 19.4 Å². The number of sulfonamides is 1. The molecular weight excluding hydrogens is 512 g/mol. The molecule has 1 N–H and O–H groups in total. The molecular formula is C26H26N4O7S. The third kappa shape index (κ3) is 5.04. The number of rotatable bonds is 9. The van der Waals surface area contributed by atoms with Crippen LogP contribution in [-0.4, -0.2) is 66.1 Å². The fourth-order valence-corrected chi connectivity index (χ4v) is 6.15. The van der Waals surface area contributed by atoms with Gasteiger partial charge >= 0.3 is 0 Å². The summed E-state index contributed by atoms with van der Waals surface area (Å²) in [5.41, 5.74) is 0.460. The summed E-state index contributed by atoms with van der Waals surface area (Å²) in [5.74, 6) is -1.65. The molecule has 38 heavy (non-hydrogen) atoms. The van der Waals surface area contributed by atoms with Crippen LogP contribution >= 0.6 is 0 Å². The van der Waals surface area contributed by atoms with Gasteiger partial charge in [-0.2, -0.15) is 0 Å². The van der Waals surface area contributed by atoms with Crippen molar-refractivity contribution in [3.63, 3.8) is 0 Å². The van der Waals surface area contributed by atoms with Gasteiger partial charge in [0.1, 0.15) is 23.2 Å². The van der Waals surface area contributed by atoms with Crippen molar-refractivity contribution in [2.24, 2.45) is 0 Å². The minimum absolute atomic E-state index is 0.00197. The first-order valence-corrected chi connectivity index (χ1v) is 13.6. The molecule has 0 spiro atoms. The molecule has 0 radical (unpaired) electrons. The normalized spacial score (nSPS) is 18.7. The standard InChI is InChI=1S/C26H26N4O7S/c31-23(17-30-26(33)21-7-1-2-8-22(21)38(30,34)35)29(16-20-6-4-14-37-20)24(18-9-11-27-12-10-18)25(32)28-15-19-5-3-13-36-19/h1-2,4,6-12,14,19,24H,3,5,13,15-17H2,(H,28,32)/t19-,24-/m0/s1. The second-order valence-electron chi connectivity index (χ2n) is 8.98. The van der Waals surface area contributed by atoms with Crippen molar-refractivity contribution < 1.29 is 32.0 Å². The molecule has 2 aliphatic heterocycles. The second-order valence-corrected chi connectivity index (χ2v) is 10.8. The highest BCUT2D eigenvalue weighted by Gasteiger charge is 2.43. The summed E-state index contributed by atoms with van der Waals surface area (Å²) in [5, 5.41) is 2.86. The zero-order chi connectivity index (χ0) is 26.7. The summed E-state index contributed by atoms with van der Waals surface area (Å²) >= 11 is 0. The number of carbonyl (C=O) groups is 3. The lowest BCUT2D eigenvalue weighted by atomic mass is 10.0. The van der Waals surface area contributed by atoms with E-state index < -0.39 is 40.3 Å². The van der Waals surface area contributed by atoms with E-state index in [2.05, 4.69) is 10.3 Å². The van der Waals surface area contributed by atoms with Crippen LogP contribution in [0.4, 0.5) is 0 Å². The van der Waals surface area contributed by atoms with Gasteiger partial charge in [-0.05, 0) is 54.8 Å². The molecule has 0 saturated carbocycles. The van der Waals surface area contributed by atoms with Crippen LogP contribution in [0, 0.1) is 0 Å². The van der Waals surface area contributed by atoms with E-state index in [9.17, 15) is 22.8 Å². The molecule has 0 aliphatic carbocycles. The Morgan fingerprint density at radius 1 is 1.13 bits per heavy atom. The number of furan rings is 1. The average molecular weight is 539 g/mol. The number of pyridine rings is 1. The molecule has 2 atom stereocenters. The van der Waals surface area contributed by atoms with Gasteiger partial charge in [-0.25, -0.2) is 12.7 Å². The maximum absolute atomic E-state index is 13.8. The molecule has 3 aromatic rings. The number of aromatic nitrogens is 1. The van der Waals surface area contributed by atoms with Crippen LogP contribution < -0.4 is 5.32 Å². The summed E-state index contributed by atoms with van der Waals surface area (Å²) in [6, 6.07) is 11.1. The minimum Gasteiger partial charge on any atom is -0.467 e. The van der Waals surface area contributed by atoms with Gasteiger partial charge in [-0.3, -0.25) is 19.4 Å². The first kappa shape index (κ1) is 25.6. The van der Waals surface area contributed by atoms with Crippen molar-refractivity contribution in [3.05, 3.63) is 84.1 Å². The third-order valence-corrected chi connectivity index (χ3v) is 8.31. The lowest BCUT2D eigenvalue weighted by molar-refractivity contribution is -0.142. The van der Waals surface area contributed by atoms with Crippen molar-refractivity contribution in [1.82, 2.24) is 19.5 Å². The molecule has 2 aromatic heterocycles. The molecule has 12 heteroatoms. The lowest BCUT2D eigenvalue weighted by Gasteiger charge is -2.32. The number of nitrogens with zero attached hydrogens (tertiary/aromatic N) is 3. The average Bonchev–Trinajstić information content (AvgIpc) is 3.67. The highest BCUT2D eigenvalue weighted by molar-refractivity contribution is 7.90. The predicted molar refractivity (Wildman–Crippen MR) is 133 cm³/mol. The summed E-state index contributed by atoms with van der Waals surface area (Å²) in [7, 11) is -4.23. The lowest BCUT2D eigenvalue weighted by Crippen LogP contribution is -2.48. The maximum Gasteiger partial charge on any atom is 0.269 e. The monoisotopic (exact) mass is 538 g/mol. The molecule has 11 nitrogen and oxygen atoms in total. The quantitative estimate of drug-likeness (QED) is 0.436. The van der Waals surface area contributed by atoms with Crippen LogP contribution in [0.3, 0.4) is 0 Å². The molecule has 1 aromatic carbocycles. The number of ether oxygens (including phenoxy) is 1. The molecule has 1 saturated heterocycles. The van der Waals surface area contributed by atoms with Crippen LogP contribution in [0.2, 0.25) is 0 Å². The van der Waals surface area contributed by atoms with E-state index in [0.717, 1.165) is 12.8 Å². The minimum atomic E-state index is -4.23. The van der Waals surface area contributed by atoms with Gasteiger partial charge in [0.2, 0.25) is 11.8 Å². The van der Waals surface area contributed by atoms with Crippen LogP contribution in [0.5, 0.6) is 0 Å². The highest BCUT2D eigenvalue weighted by atomic mass is 32.2. The number of hydrogen-bond donors (Lipinski definition) is 1. The Labute approximate surface area is 219 Å². The van der Waals surface area contributed by atoms with Crippen LogP contribution in [0.15, 0.2) is 76.5 Å². The largest absolute Gasteiger partial charge is 0.467 e. The molecule has 2 aliphatic rings. The Balaban J connectivity index is 1.46. The Bertz CT molecular complexity index is 1420. The molecule has 198 valence electrons. The zero-order valence-electron chi connectivity index (χ0n) is 20.4. The fourth-order valence-electron chi connectivity index (χ4n) is 4.63. The molecule has 4 heterocycles. The van der Waals surface area contributed by atoms with E-state index in [1.54, 1.807) is 30.3 Å². The van der Waals surface area contributed by atoms with Gasteiger partial charge in [0.15, 0.2) is 0 Å². The van der Waals surface area contributed by atoms with E-state index >= 15 is 0 Å². The predicted octanol–water partition coefficient (Wildman–Crippen LogP) is 1.88. The van der Waals surface area contributed by atoms with Crippen LogP contribution in [0.25, 0.3) is 0 Å². The van der Waals surface area contributed by atoms with Gasteiger partial charge in [0.25, 0.3) is 15.9 Å². The summed E-state index contributed by atoms with van der Waals surface area (Å²) in [4.78, 5) is 45.4. The number of benzene rings is 1. The van der Waals surface area contributed by atoms with Crippen molar-refractivity contribution >= 4 is 27.7 Å². The summed E-state index contributed by atoms with van der Waals surface area (Å²) in [6.45, 7) is -0.0337.